The molecular formula is C18H21N3O3S. The number of imide groups is 1. The van der Waals surface area contributed by atoms with Crippen molar-refractivity contribution in [3.8, 4) is 0 Å². The predicted octanol–water partition coefficient (Wildman–Crippen LogP) is 2.23. The van der Waals surface area contributed by atoms with Crippen molar-refractivity contribution >= 4 is 39.3 Å². The molecule has 1 aromatic carbocycles. The van der Waals surface area contributed by atoms with Crippen LogP contribution in [0.1, 0.15) is 19.4 Å². The average Bonchev–Trinajstić information content (AvgIpc) is 3.00. The molecule has 4 amide bonds. The normalized spacial score (nSPS) is 16.4. The van der Waals surface area contributed by atoms with Crippen LogP contribution in [0.2, 0.25) is 0 Å². The van der Waals surface area contributed by atoms with Crippen LogP contribution in [0.25, 0.3) is 10.1 Å². The van der Waals surface area contributed by atoms with Gasteiger partial charge in [-0.2, -0.15) is 0 Å². The number of nitrogens with one attached hydrogen (secondary N) is 1. The summed E-state index contributed by atoms with van der Waals surface area (Å²) in [5.74, 6) is -1.36. The summed E-state index contributed by atoms with van der Waals surface area (Å²) >= 11 is 1.68. The smallest absolute Gasteiger partial charge is 0.324 e. The molecule has 2 heterocycles. The van der Waals surface area contributed by atoms with Crippen molar-refractivity contribution in [1.29, 1.82) is 0 Å². The van der Waals surface area contributed by atoms with Crippen LogP contribution in [0.3, 0.4) is 0 Å². The van der Waals surface area contributed by atoms with E-state index in [1.165, 1.54) is 20.5 Å². The molecule has 25 heavy (non-hydrogen) atoms. The largest absolute Gasteiger partial charge is 0.335 e. The number of fused-ring (bicyclic) bond motifs is 1. The molecule has 1 unspecified atom stereocenters. The minimum atomic E-state index is -0.751. The average molecular weight is 359 g/mol. The van der Waals surface area contributed by atoms with E-state index in [9.17, 15) is 14.4 Å². The Labute approximate surface area is 150 Å². The second-order valence-electron chi connectivity index (χ2n) is 6.15. The van der Waals surface area contributed by atoms with Crippen LogP contribution >= 0.6 is 11.3 Å². The van der Waals surface area contributed by atoms with E-state index in [1.54, 1.807) is 11.3 Å². The number of carbonyl (C=O) groups is 3. The van der Waals surface area contributed by atoms with Crippen LogP contribution in [0, 0.1) is 0 Å². The molecule has 1 N–H and O–H groups in total. The van der Waals surface area contributed by atoms with E-state index in [0.717, 1.165) is 4.90 Å². The summed E-state index contributed by atoms with van der Waals surface area (Å²) in [5, 5.41) is 6.13. The van der Waals surface area contributed by atoms with Gasteiger partial charge in [-0.25, -0.2) is 4.79 Å². The van der Waals surface area contributed by atoms with Gasteiger partial charge in [0.2, 0.25) is 0 Å². The van der Waals surface area contributed by atoms with Crippen LogP contribution in [0.5, 0.6) is 0 Å². The molecule has 2 aromatic rings. The lowest BCUT2D eigenvalue weighted by Gasteiger charge is -2.32. The first-order valence-corrected chi connectivity index (χ1v) is 9.25. The lowest BCUT2D eigenvalue weighted by molar-refractivity contribution is -0.153. The first-order chi connectivity index (χ1) is 12.0. The SMILES string of the molecule is CCN1CCN(C(=O)NC(C)Cc2csc3ccccc23)C(=O)C1=O. The first-order valence-electron chi connectivity index (χ1n) is 8.37. The topological polar surface area (TPSA) is 69.7 Å². The molecular weight excluding hydrogens is 338 g/mol. The minimum Gasteiger partial charge on any atom is -0.335 e. The number of nitrogens with zero attached hydrogens (tertiary/aromatic N) is 2. The number of amides is 4. The molecule has 0 spiro atoms. The Morgan fingerprint density at radius 1 is 1.24 bits per heavy atom. The Hall–Kier alpha value is -2.41. The Morgan fingerprint density at radius 3 is 2.76 bits per heavy atom. The van der Waals surface area contributed by atoms with Gasteiger partial charge in [0.25, 0.3) is 0 Å². The zero-order chi connectivity index (χ0) is 18.0. The fraction of sp³-hybridized carbons (Fsp3) is 0.389. The van der Waals surface area contributed by atoms with Gasteiger partial charge < -0.3 is 10.2 Å². The Morgan fingerprint density at radius 2 is 2.00 bits per heavy atom. The zero-order valence-electron chi connectivity index (χ0n) is 14.3. The fourth-order valence-corrected chi connectivity index (χ4v) is 4.01. The third kappa shape index (κ3) is 3.51. The Bertz CT molecular complexity index is 817. The highest BCUT2D eigenvalue weighted by atomic mass is 32.1. The maximum absolute atomic E-state index is 12.4. The van der Waals surface area contributed by atoms with Gasteiger partial charge in [0.15, 0.2) is 0 Å². The summed E-state index contributed by atoms with van der Waals surface area (Å²) < 4.78 is 1.22. The number of hydrogen-bond donors (Lipinski definition) is 1. The number of benzene rings is 1. The molecule has 7 heteroatoms. The molecule has 1 atom stereocenters. The van der Waals surface area contributed by atoms with Gasteiger partial charge in [-0.15, -0.1) is 11.3 Å². The molecule has 1 aromatic heterocycles. The molecule has 1 aliphatic rings. The van der Waals surface area contributed by atoms with E-state index in [1.807, 2.05) is 26.0 Å². The van der Waals surface area contributed by atoms with E-state index in [0.29, 0.717) is 19.5 Å². The van der Waals surface area contributed by atoms with E-state index in [2.05, 4.69) is 22.8 Å². The fourth-order valence-electron chi connectivity index (χ4n) is 3.03. The van der Waals surface area contributed by atoms with Crippen molar-refractivity contribution in [3.63, 3.8) is 0 Å². The third-order valence-corrected chi connectivity index (χ3v) is 5.41. The zero-order valence-corrected chi connectivity index (χ0v) is 15.1. The Balaban J connectivity index is 1.63. The summed E-state index contributed by atoms with van der Waals surface area (Å²) in [6.07, 6.45) is 0.673. The first kappa shape index (κ1) is 17.4. The summed E-state index contributed by atoms with van der Waals surface area (Å²) in [7, 11) is 0. The summed E-state index contributed by atoms with van der Waals surface area (Å²) in [6, 6.07) is 7.51. The molecule has 1 fully saturated rings. The number of piperazine rings is 1. The molecule has 3 rings (SSSR count). The number of thiophene rings is 1. The van der Waals surface area contributed by atoms with Crippen molar-refractivity contribution in [2.75, 3.05) is 19.6 Å². The summed E-state index contributed by atoms with van der Waals surface area (Å²) in [4.78, 5) is 38.8. The highest BCUT2D eigenvalue weighted by Crippen LogP contribution is 2.26. The van der Waals surface area contributed by atoms with E-state index in [4.69, 9.17) is 0 Å². The molecule has 1 aliphatic heterocycles. The van der Waals surface area contributed by atoms with Crippen molar-refractivity contribution in [2.45, 2.75) is 26.3 Å². The second-order valence-corrected chi connectivity index (χ2v) is 7.06. The van der Waals surface area contributed by atoms with Crippen LogP contribution in [0.15, 0.2) is 29.6 Å². The second kappa shape index (κ2) is 7.23. The predicted molar refractivity (Wildman–Crippen MR) is 97.5 cm³/mol. The van der Waals surface area contributed by atoms with Crippen LogP contribution in [-0.2, 0) is 16.0 Å². The number of carbonyl (C=O) groups excluding carboxylic acids is 3. The van der Waals surface area contributed by atoms with Crippen molar-refractivity contribution in [2.24, 2.45) is 0 Å². The number of urea groups is 1. The van der Waals surface area contributed by atoms with Crippen molar-refractivity contribution in [1.82, 2.24) is 15.1 Å². The number of hydrogen-bond acceptors (Lipinski definition) is 4. The minimum absolute atomic E-state index is 0.141. The number of likely N-dealkylation sites (N-methyl/N-ethyl adjacent to an activating group) is 1. The van der Waals surface area contributed by atoms with Gasteiger partial charge in [-0.05, 0) is 42.7 Å². The summed E-state index contributed by atoms with van der Waals surface area (Å²) in [5.41, 5.74) is 1.17. The van der Waals surface area contributed by atoms with E-state index < -0.39 is 17.8 Å². The molecule has 0 saturated carbocycles. The maximum atomic E-state index is 12.4. The van der Waals surface area contributed by atoms with Crippen LogP contribution < -0.4 is 5.32 Å². The van der Waals surface area contributed by atoms with Crippen molar-refractivity contribution in [3.05, 3.63) is 35.2 Å². The van der Waals surface area contributed by atoms with E-state index >= 15 is 0 Å². The maximum Gasteiger partial charge on any atom is 0.324 e. The number of rotatable bonds is 4. The highest BCUT2D eigenvalue weighted by Gasteiger charge is 2.35. The highest BCUT2D eigenvalue weighted by molar-refractivity contribution is 7.17. The van der Waals surface area contributed by atoms with Gasteiger partial charge in [0, 0.05) is 30.4 Å². The molecule has 6 nitrogen and oxygen atoms in total. The monoisotopic (exact) mass is 359 g/mol. The molecule has 0 aliphatic carbocycles. The molecule has 132 valence electrons. The molecule has 0 bridgehead atoms. The van der Waals surface area contributed by atoms with Gasteiger partial charge in [0.1, 0.15) is 0 Å². The van der Waals surface area contributed by atoms with E-state index in [-0.39, 0.29) is 12.6 Å². The van der Waals surface area contributed by atoms with Crippen LogP contribution in [-0.4, -0.2) is 53.3 Å². The quantitative estimate of drug-likeness (QED) is 0.851. The van der Waals surface area contributed by atoms with Crippen molar-refractivity contribution < 1.29 is 14.4 Å². The van der Waals surface area contributed by atoms with Crippen LogP contribution in [0.4, 0.5) is 4.79 Å². The van der Waals surface area contributed by atoms with Gasteiger partial charge in [0.05, 0.1) is 0 Å². The lowest BCUT2D eigenvalue weighted by Crippen LogP contribution is -2.59. The van der Waals surface area contributed by atoms with Gasteiger partial charge in [-0.3, -0.25) is 14.5 Å². The Kier molecular flexibility index (Phi) is 5.03. The lowest BCUT2D eigenvalue weighted by atomic mass is 10.1. The summed E-state index contributed by atoms with van der Waals surface area (Å²) in [6.45, 7) is 4.81. The van der Waals surface area contributed by atoms with Gasteiger partial charge >= 0.3 is 17.8 Å². The third-order valence-electron chi connectivity index (χ3n) is 4.39. The van der Waals surface area contributed by atoms with Gasteiger partial charge in [-0.1, -0.05) is 18.2 Å². The standard InChI is InChI=1S/C18H21N3O3S/c1-3-20-8-9-21(17(23)16(20)22)18(24)19-12(2)10-13-11-25-15-7-5-4-6-14(13)15/h4-7,11-12H,3,8-10H2,1-2H3,(H,19,24). The molecule has 0 radical (unpaired) electrons. The molecule has 1 saturated heterocycles.